The summed E-state index contributed by atoms with van der Waals surface area (Å²) in [6, 6.07) is 0. The van der Waals surface area contributed by atoms with E-state index in [4.69, 9.17) is 9.47 Å². The van der Waals surface area contributed by atoms with Crippen molar-refractivity contribution in [3.05, 3.63) is 10.2 Å². The Balaban J connectivity index is 2.78. The molecule has 1 saturated heterocycles. The number of hydrogen-bond acceptors (Lipinski definition) is 4. The maximum Gasteiger partial charge on any atom is 0.348 e. The third-order valence-corrected chi connectivity index (χ3v) is 2.75. The van der Waals surface area contributed by atoms with Crippen molar-refractivity contribution in [3.8, 4) is 0 Å². The van der Waals surface area contributed by atoms with Crippen molar-refractivity contribution >= 4 is 27.9 Å². The molecule has 15 heavy (non-hydrogen) atoms. The van der Waals surface area contributed by atoms with Crippen LogP contribution in [0.2, 0.25) is 0 Å². The van der Waals surface area contributed by atoms with Crippen LogP contribution in [0.4, 0.5) is 0 Å². The molecule has 0 spiro atoms. The van der Waals surface area contributed by atoms with Crippen LogP contribution in [-0.2, 0) is 19.1 Å². The lowest BCUT2D eigenvalue weighted by atomic mass is 10.0. The molecule has 5 heteroatoms. The minimum absolute atomic E-state index is 0.197. The molecule has 0 aromatic rings. The first-order valence-electron chi connectivity index (χ1n) is 4.81. The van der Waals surface area contributed by atoms with Crippen LogP contribution in [-0.4, -0.2) is 18.5 Å². The molecule has 0 aliphatic carbocycles. The number of carbonyl (C=O) groups is 2. The summed E-state index contributed by atoms with van der Waals surface area (Å²) >= 11 is 3.09. The van der Waals surface area contributed by atoms with Crippen molar-refractivity contribution in [1.29, 1.82) is 0 Å². The van der Waals surface area contributed by atoms with E-state index in [-0.39, 0.29) is 16.4 Å². The first-order chi connectivity index (χ1) is 7.04. The molecule has 1 heterocycles. The Bertz CT molecular complexity index is 309. The average Bonchev–Trinajstić information content (AvgIpc) is 2.15. The summed E-state index contributed by atoms with van der Waals surface area (Å²) in [4.78, 5) is 22.5. The number of ether oxygens (including phenoxy) is 2. The van der Waals surface area contributed by atoms with E-state index < -0.39 is 5.97 Å². The highest BCUT2D eigenvalue weighted by atomic mass is 79.9. The molecule has 0 amide bonds. The normalized spacial score (nSPS) is 24.5. The molecule has 1 aliphatic rings. The molecule has 1 unspecified atom stereocenters. The Labute approximate surface area is 96.7 Å². The van der Waals surface area contributed by atoms with Gasteiger partial charge in [-0.05, 0) is 28.8 Å². The molecule has 0 N–H and O–H groups in total. The number of rotatable bonds is 2. The predicted octanol–water partition coefficient (Wildman–Crippen LogP) is 2.13. The van der Waals surface area contributed by atoms with Crippen molar-refractivity contribution in [2.24, 2.45) is 5.92 Å². The second kappa shape index (κ2) is 5.30. The molecule has 0 aromatic carbocycles. The minimum Gasteiger partial charge on any atom is -0.462 e. The van der Waals surface area contributed by atoms with Gasteiger partial charge in [0, 0.05) is 12.8 Å². The quantitative estimate of drug-likeness (QED) is 0.573. The summed E-state index contributed by atoms with van der Waals surface area (Å²) in [7, 11) is 0. The first kappa shape index (κ1) is 12.2. The number of carbonyl (C=O) groups excluding carboxylic acids is 2. The number of halogens is 1. The van der Waals surface area contributed by atoms with Gasteiger partial charge >= 0.3 is 11.9 Å². The number of esters is 2. The van der Waals surface area contributed by atoms with Crippen molar-refractivity contribution in [2.45, 2.75) is 26.7 Å². The van der Waals surface area contributed by atoms with Crippen molar-refractivity contribution in [3.63, 3.8) is 0 Å². The molecule has 1 atom stereocenters. The van der Waals surface area contributed by atoms with Crippen molar-refractivity contribution < 1.29 is 19.1 Å². The second-order valence-corrected chi connectivity index (χ2v) is 4.24. The highest BCUT2D eigenvalue weighted by Gasteiger charge is 2.26. The Morgan fingerprint density at radius 1 is 1.60 bits per heavy atom. The summed E-state index contributed by atoms with van der Waals surface area (Å²) in [6.07, 6.45) is 0.970. The lowest BCUT2D eigenvalue weighted by Crippen LogP contribution is -2.20. The molecule has 1 rings (SSSR count). The molecular weight excluding hydrogens is 264 g/mol. The van der Waals surface area contributed by atoms with Crippen LogP contribution >= 0.6 is 15.9 Å². The summed E-state index contributed by atoms with van der Waals surface area (Å²) in [5, 5.41) is 0. The zero-order valence-electron chi connectivity index (χ0n) is 8.71. The number of hydrogen-bond donors (Lipinski definition) is 0. The van der Waals surface area contributed by atoms with E-state index in [1.807, 2.05) is 6.92 Å². The van der Waals surface area contributed by atoms with Gasteiger partial charge in [-0.1, -0.05) is 6.92 Å². The molecule has 84 valence electrons. The zero-order chi connectivity index (χ0) is 11.4. The van der Waals surface area contributed by atoms with Crippen LogP contribution in [0, 0.1) is 5.92 Å². The molecule has 0 bridgehead atoms. The van der Waals surface area contributed by atoms with E-state index in [0.717, 1.165) is 0 Å². The monoisotopic (exact) mass is 276 g/mol. The third kappa shape index (κ3) is 3.34. The minimum atomic E-state index is -0.491. The van der Waals surface area contributed by atoms with Crippen LogP contribution in [0.15, 0.2) is 10.2 Å². The fraction of sp³-hybridized carbons (Fsp3) is 0.600. The Hall–Kier alpha value is -0.840. The van der Waals surface area contributed by atoms with E-state index in [1.165, 1.54) is 0 Å². The largest absolute Gasteiger partial charge is 0.462 e. The van der Waals surface area contributed by atoms with E-state index in [2.05, 4.69) is 15.9 Å². The van der Waals surface area contributed by atoms with E-state index in [1.54, 1.807) is 6.92 Å². The fourth-order valence-corrected chi connectivity index (χ4v) is 1.69. The second-order valence-electron chi connectivity index (χ2n) is 3.45. The van der Waals surface area contributed by atoms with Gasteiger partial charge in [0.05, 0.1) is 6.61 Å². The van der Waals surface area contributed by atoms with Crippen molar-refractivity contribution in [1.82, 2.24) is 0 Å². The number of allylic oxidation sites excluding steroid dienone is 1. The van der Waals surface area contributed by atoms with E-state index >= 15 is 0 Å². The highest BCUT2D eigenvalue weighted by Crippen LogP contribution is 2.28. The summed E-state index contributed by atoms with van der Waals surface area (Å²) < 4.78 is 9.98. The maximum absolute atomic E-state index is 11.3. The molecule has 1 fully saturated rings. The molecule has 0 aromatic heterocycles. The van der Waals surface area contributed by atoms with Crippen LogP contribution in [0.1, 0.15) is 26.7 Å². The molecule has 4 nitrogen and oxygen atoms in total. The van der Waals surface area contributed by atoms with Gasteiger partial charge in [0.2, 0.25) is 0 Å². The fourth-order valence-electron chi connectivity index (χ4n) is 1.34. The molecule has 0 saturated carbocycles. The summed E-state index contributed by atoms with van der Waals surface area (Å²) in [5.74, 6) is -0.222. The third-order valence-electron chi connectivity index (χ3n) is 1.99. The van der Waals surface area contributed by atoms with Gasteiger partial charge in [0.15, 0.2) is 0 Å². The Morgan fingerprint density at radius 2 is 2.27 bits per heavy atom. The summed E-state index contributed by atoms with van der Waals surface area (Å²) in [6.45, 7) is 3.95. The van der Waals surface area contributed by atoms with Gasteiger partial charge in [-0.3, -0.25) is 4.79 Å². The Morgan fingerprint density at radius 3 is 2.80 bits per heavy atom. The van der Waals surface area contributed by atoms with Crippen molar-refractivity contribution in [2.75, 3.05) is 6.61 Å². The maximum atomic E-state index is 11.3. The van der Waals surface area contributed by atoms with Gasteiger partial charge in [-0.25, -0.2) is 4.79 Å². The standard InChI is InChI=1S/C10H13BrO4/c1-3-14-10(13)9(11)7-4-6(2)5-8(12)15-7/h6H,3-5H2,1-2H3/b9-7+. The Kier molecular flexibility index (Phi) is 4.32. The van der Waals surface area contributed by atoms with E-state index in [9.17, 15) is 9.59 Å². The SMILES string of the molecule is CCOC(=O)/C(Br)=C1/CC(C)CC(=O)O1. The van der Waals surface area contributed by atoms with E-state index in [0.29, 0.717) is 25.2 Å². The highest BCUT2D eigenvalue weighted by molar-refractivity contribution is 9.12. The van der Waals surface area contributed by atoms with Gasteiger partial charge in [-0.15, -0.1) is 0 Å². The molecule has 0 radical (unpaired) electrons. The van der Waals surface area contributed by atoms with Crippen LogP contribution in [0.3, 0.4) is 0 Å². The molecule has 1 aliphatic heterocycles. The lowest BCUT2D eigenvalue weighted by molar-refractivity contribution is -0.144. The first-order valence-corrected chi connectivity index (χ1v) is 5.60. The summed E-state index contributed by atoms with van der Waals surface area (Å²) in [5.41, 5.74) is 0. The lowest BCUT2D eigenvalue weighted by Gasteiger charge is -2.20. The number of cyclic esters (lactones) is 1. The average molecular weight is 277 g/mol. The van der Waals surface area contributed by atoms with Gasteiger partial charge in [0.25, 0.3) is 0 Å². The van der Waals surface area contributed by atoms with Crippen LogP contribution in [0.25, 0.3) is 0 Å². The van der Waals surface area contributed by atoms with Gasteiger partial charge in [-0.2, -0.15) is 0 Å². The van der Waals surface area contributed by atoms with Gasteiger partial charge in [0.1, 0.15) is 10.2 Å². The van der Waals surface area contributed by atoms with Gasteiger partial charge < -0.3 is 9.47 Å². The van der Waals surface area contributed by atoms with Crippen LogP contribution in [0.5, 0.6) is 0 Å². The topological polar surface area (TPSA) is 52.6 Å². The molecular formula is C10H13BrO4. The smallest absolute Gasteiger partial charge is 0.348 e. The predicted molar refractivity (Wildman–Crippen MR) is 57.1 cm³/mol. The van der Waals surface area contributed by atoms with Crippen LogP contribution < -0.4 is 0 Å². The zero-order valence-corrected chi connectivity index (χ0v) is 10.3.